The van der Waals surface area contributed by atoms with Gasteiger partial charge in [-0.1, -0.05) is 79.7 Å². The Balaban J connectivity index is 0.957. The lowest BCUT2D eigenvalue weighted by Gasteiger charge is -2.25. The van der Waals surface area contributed by atoms with Gasteiger partial charge in [0.1, 0.15) is 5.88 Å². The van der Waals surface area contributed by atoms with Crippen molar-refractivity contribution in [1.82, 2.24) is 19.2 Å². The minimum Gasteiger partial charge on any atom is -0.307 e. The highest BCUT2D eigenvalue weighted by atomic mass is 32.2. The van der Waals surface area contributed by atoms with Crippen LogP contribution in [-0.2, 0) is 78.1 Å². The fourth-order valence-electron chi connectivity index (χ4n) is 10.6. The van der Waals surface area contributed by atoms with Crippen LogP contribution in [0.2, 0.25) is 0 Å². The van der Waals surface area contributed by atoms with Gasteiger partial charge in [-0.25, -0.2) is 35.9 Å². The van der Waals surface area contributed by atoms with Gasteiger partial charge >= 0.3 is 12.1 Å². The molecule has 0 aliphatic heterocycles. The second-order valence-electron chi connectivity index (χ2n) is 17.9. The molecule has 4 aromatic rings. The van der Waals surface area contributed by atoms with Gasteiger partial charge in [-0.2, -0.15) is 0 Å². The summed E-state index contributed by atoms with van der Waals surface area (Å²) in [5, 5.41) is 6.08. The Bertz CT molecular complexity index is 2520. The number of aryl methyl sites for hydroxylation is 3. The van der Waals surface area contributed by atoms with Crippen LogP contribution in [0.4, 0.5) is 21.0 Å². The maximum atomic E-state index is 13.6. The molecule has 4 aliphatic rings. The third kappa shape index (κ3) is 10.1. The van der Waals surface area contributed by atoms with Crippen molar-refractivity contribution in [3.05, 3.63) is 128 Å². The Morgan fingerprint density at radius 3 is 1.85 bits per heavy atom. The summed E-state index contributed by atoms with van der Waals surface area (Å²) >= 11 is 0. The van der Waals surface area contributed by atoms with E-state index in [9.17, 15) is 26.4 Å². The highest BCUT2D eigenvalue weighted by Crippen LogP contribution is 2.51. The molecule has 4 aromatic carbocycles. The second-order valence-corrected chi connectivity index (χ2v) is 21.4. The van der Waals surface area contributed by atoms with Crippen molar-refractivity contribution in [1.29, 1.82) is 0 Å². The molecule has 3 unspecified atom stereocenters. The lowest BCUT2D eigenvalue weighted by atomic mass is 9.83. The van der Waals surface area contributed by atoms with Gasteiger partial charge in [-0.05, 0) is 152 Å². The van der Waals surface area contributed by atoms with Gasteiger partial charge in [0.25, 0.3) is 0 Å². The summed E-state index contributed by atoms with van der Waals surface area (Å²) in [6, 6.07) is 22.7. The number of carbonyl (C=O) groups excluding carboxylic acids is 2. The third-order valence-corrected chi connectivity index (χ3v) is 15.6. The van der Waals surface area contributed by atoms with Crippen molar-refractivity contribution in [2.24, 2.45) is 11.8 Å². The first-order valence-electron chi connectivity index (χ1n) is 21.6. The van der Waals surface area contributed by atoms with E-state index >= 15 is 0 Å². The molecule has 14 heteroatoms. The summed E-state index contributed by atoms with van der Waals surface area (Å²) in [4.78, 5) is 30.9. The van der Waals surface area contributed by atoms with E-state index in [1.807, 2.05) is 74.6 Å². The van der Waals surface area contributed by atoms with Crippen LogP contribution in [0.1, 0.15) is 87.7 Å². The molecule has 0 radical (unpaired) electrons. The Kier molecular flexibility index (Phi) is 12.6. The highest BCUT2D eigenvalue weighted by Gasteiger charge is 2.40. The predicted molar refractivity (Wildman–Crippen MR) is 241 cm³/mol. The molecule has 0 heterocycles. The summed E-state index contributed by atoms with van der Waals surface area (Å²) in [7, 11) is -4.23. The van der Waals surface area contributed by atoms with Gasteiger partial charge in [0, 0.05) is 31.0 Å². The molecule has 0 saturated carbocycles. The fourth-order valence-corrected chi connectivity index (χ4v) is 13.0. The summed E-state index contributed by atoms with van der Waals surface area (Å²) in [5.74, 6) is -0.432. The van der Waals surface area contributed by atoms with E-state index in [0.717, 1.165) is 103 Å². The number of amides is 4. The van der Waals surface area contributed by atoms with Crippen molar-refractivity contribution < 1.29 is 26.4 Å². The molecular weight excluding hydrogens is 809 g/mol. The number of nitrogens with one attached hydrogen (secondary N) is 4. The van der Waals surface area contributed by atoms with Crippen molar-refractivity contribution >= 4 is 43.5 Å². The summed E-state index contributed by atoms with van der Waals surface area (Å²) in [5.41, 5.74) is 12.7. The van der Waals surface area contributed by atoms with Crippen molar-refractivity contribution in [2.75, 3.05) is 42.9 Å². The third-order valence-electron chi connectivity index (χ3n) is 12.8. The smallest absolute Gasteiger partial charge is 0.307 e. The van der Waals surface area contributed by atoms with Crippen LogP contribution >= 0.6 is 0 Å². The van der Waals surface area contributed by atoms with Crippen LogP contribution in [0.15, 0.2) is 72.8 Å². The molecule has 0 fully saturated rings. The molecule has 0 bridgehead atoms. The van der Waals surface area contributed by atoms with Gasteiger partial charge in [0.15, 0.2) is 0 Å². The second kappa shape index (κ2) is 17.9. The van der Waals surface area contributed by atoms with Crippen LogP contribution < -0.4 is 20.1 Å². The molecule has 0 saturated heterocycles. The van der Waals surface area contributed by atoms with Crippen LogP contribution in [0.25, 0.3) is 0 Å². The molecule has 8 rings (SSSR count). The van der Waals surface area contributed by atoms with Gasteiger partial charge in [0.2, 0.25) is 20.0 Å². The molecule has 0 aromatic heterocycles. The number of hydrogen-bond acceptors (Lipinski definition) is 8. The first-order valence-corrected chi connectivity index (χ1v) is 24.9. The molecule has 61 heavy (non-hydrogen) atoms. The normalized spacial score (nSPS) is 18.4. The summed E-state index contributed by atoms with van der Waals surface area (Å²) in [6.07, 6.45) is 8.64. The number of fused-ring (bicyclic) bond motifs is 4. The van der Waals surface area contributed by atoms with Crippen molar-refractivity contribution in [2.45, 2.75) is 90.1 Å². The van der Waals surface area contributed by atoms with Gasteiger partial charge < -0.3 is 15.5 Å². The number of sulfonamides is 2. The minimum absolute atomic E-state index is 0.107. The zero-order valence-corrected chi connectivity index (χ0v) is 37.1. The van der Waals surface area contributed by atoms with Crippen LogP contribution in [0.3, 0.4) is 0 Å². The van der Waals surface area contributed by atoms with Crippen LogP contribution in [0, 0.1) is 11.8 Å². The topological polar surface area (TPSA) is 157 Å². The molecule has 4 aliphatic carbocycles. The molecular formula is C47H58N6O6S2. The highest BCUT2D eigenvalue weighted by molar-refractivity contribution is 7.90. The monoisotopic (exact) mass is 866 g/mol. The molecule has 3 atom stereocenters. The van der Waals surface area contributed by atoms with E-state index in [0.29, 0.717) is 26.1 Å². The van der Waals surface area contributed by atoms with E-state index in [1.165, 1.54) is 22.3 Å². The average Bonchev–Trinajstić information content (AvgIpc) is 4.01. The van der Waals surface area contributed by atoms with E-state index in [2.05, 4.69) is 37.1 Å². The SMILES string of the molecule is CC(CN(C)Cc1ccccc1)CS(=O)(=O)NC(=O)Nc1c2c(cc3c1CC(C1CCc4cc5c(c(NC(=O)NS(=O)(=O)CN(C)Cc6ccccc6)c41)CCC5)C3)CCC2. The van der Waals surface area contributed by atoms with Gasteiger partial charge in [0.05, 0.1) is 5.75 Å². The molecule has 324 valence electrons. The Hall–Kier alpha value is -4.76. The number of benzene rings is 4. The maximum Gasteiger partial charge on any atom is 0.332 e. The number of hydrogen-bond donors (Lipinski definition) is 4. The van der Waals surface area contributed by atoms with Crippen LogP contribution in [-0.4, -0.2) is 71.0 Å². The van der Waals surface area contributed by atoms with E-state index in [-0.39, 0.29) is 29.4 Å². The Morgan fingerprint density at radius 1 is 0.656 bits per heavy atom. The van der Waals surface area contributed by atoms with Crippen LogP contribution in [0.5, 0.6) is 0 Å². The maximum absolute atomic E-state index is 13.6. The number of anilines is 2. The summed E-state index contributed by atoms with van der Waals surface area (Å²) in [6.45, 7) is 3.56. The number of nitrogens with zero attached hydrogens (tertiary/aromatic N) is 2. The molecule has 12 nitrogen and oxygen atoms in total. The lowest BCUT2D eigenvalue weighted by molar-refractivity contribution is 0.255. The van der Waals surface area contributed by atoms with E-state index in [4.69, 9.17) is 0 Å². The van der Waals surface area contributed by atoms with Crippen molar-refractivity contribution in [3.63, 3.8) is 0 Å². The molecule has 4 N–H and O–H groups in total. The number of rotatable bonds is 15. The van der Waals surface area contributed by atoms with Crippen molar-refractivity contribution in [3.8, 4) is 0 Å². The lowest BCUT2D eigenvalue weighted by Crippen LogP contribution is -2.40. The Morgan fingerprint density at radius 2 is 1.21 bits per heavy atom. The largest absolute Gasteiger partial charge is 0.332 e. The fraction of sp³-hybridized carbons (Fsp3) is 0.447. The molecule has 4 amide bonds. The zero-order valence-electron chi connectivity index (χ0n) is 35.4. The average molecular weight is 867 g/mol. The molecule has 0 spiro atoms. The number of urea groups is 2. The predicted octanol–water partition coefficient (Wildman–Crippen LogP) is 6.87. The van der Waals surface area contributed by atoms with E-state index in [1.54, 1.807) is 11.9 Å². The first-order chi connectivity index (χ1) is 29.2. The van der Waals surface area contributed by atoms with E-state index < -0.39 is 32.1 Å². The minimum atomic E-state index is -3.98. The Labute approximate surface area is 361 Å². The zero-order chi connectivity index (χ0) is 42.9. The van der Waals surface area contributed by atoms with Gasteiger partial charge in [-0.3, -0.25) is 4.90 Å². The standard InChI is InChI=1S/C47H58N6O6S2/c1-31(26-52(2)27-32-12-6-4-7-13-32)29-60(56,57)50-46(54)48-44-40-18-10-17-35(40)23-37-24-38(25-42(37)44)39-21-20-36-22-34-16-11-19-41(34)45(43(36)39)49-47(55)51-61(58,59)30-53(3)28-33-14-8-5-9-15-33/h4-9,12-15,22-23,31,38-39H,10-11,16-21,24-30H2,1-3H3,(H2,48,50,54)(H2,49,51,55). The quantitative estimate of drug-likeness (QED) is 0.101. The number of carbonyl (C=O) groups is 2. The van der Waals surface area contributed by atoms with Gasteiger partial charge in [-0.15, -0.1) is 0 Å². The first kappa shape index (κ1) is 42.9. The summed E-state index contributed by atoms with van der Waals surface area (Å²) < 4.78 is 57.7.